The van der Waals surface area contributed by atoms with Gasteiger partial charge in [0.05, 0.1) is 12.8 Å². The van der Waals surface area contributed by atoms with Gasteiger partial charge >= 0.3 is 0 Å². The van der Waals surface area contributed by atoms with Crippen molar-refractivity contribution in [3.8, 4) is 5.75 Å². The summed E-state index contributed by atoms with van der Waals surface area (Å²) in [7, 11) is 1.64. The van der Waals surface area contributed by atoms with E-state index in [0.29, 0.717) is 5.92 Å². The summed E-state index contributed by atoms with van der Waals surface area (Å²) >= 11 is 0. The number of aryl methyl sites for hydroxylation is 1. The molecule has 3 nitrogen and oxygen atoms in total. The first-order valence-corrected chi connectivity index (χ1v) is 5.15. The van der Waals surface area contributed by atoms with Gasteiger partial charge in [0.15, 0.2) is 0 Å². The fourth-order valence-corrected chi connectivity index (χ4v) is 2.07. The van der Waals surface area contributed by atoms with E-state index in [2.05, 4.69) is 12.1 Å². The van der Waals surface area contributed by atoms with Gasteiger partial charge in [0.1, 0.15) is 5.75 Å². The Morgan fingerprint density at radius 2 is 2.27 bits per heavy atom. The van der Waals surface area contributed by atoms with Crippen LogP contribution in [0.1, 0.15) is 24.5 Å². The zero-order valence-corrected chi connectivity index (χ0v) is 9.03. The zero-order chi connectivity index (χ0) is 10.8. The molecule has 0 fully saturated rings. The van der Waals surface area contributed by atoms with Gasteiger partial charge in [0.2, 0.25) is 0 Å². The van der Waals surface area contributed by atoms with Crippen molar-refractivity contribution in [2.75, 3.05) is 7.11 Å². The largest absolute Gasteiger partial charge is 0.497 e. The van der Waals surface area contributed by atoms with Crippen molar-refractivity contribution in [3.63, 3.8) is 0 Å². The minimum Gasteiger partial charge on any atom is -0.497 e. The Bertz CT molecular complexity index is 399. The highest BCUT2D eigenvalue weighted by Crippen LogP contribution is 2.28. The Labute approximate surface area is 89.4 Å². The lowest BCUT2D eigenvalue weighted by molar-refractivity contribution is 0.314. The van der Waals surface area contributed by atoms with Gasteiger partial charge in [0, 0.05) is 11.5 Å². The van der Waals surface area contributed by atoms with Gasteiger partial charge in [-0.25, -0.2) is 0 Å². The molecule has 0 saturated heterocycles. The van der Waals surface area contributed by atoms with Gasteiger partial charge in [0.25, 0.3) is 0 Å². The molecule has 1 atom stereocenters. The van der Waals surface area contributed by atoms with Gasteiger partial charge in [-0.15, -0.1) is 0 Å². The van der Waals surface area contributed by atoms with Gasteiger partial charge in [-0.05, 0) is 30.5 Å². The number of fused-ring (bicyclic) bond motifs is 1. The molecule has 0 radical (unpaired) electrons. The summed E-state index contributed by atoms with van der Waals surface area (Å²) in [6.45, 7) is 2.08. The summed E-state index contributed by atoms with van der Waals surface area (Å²) in [4.78, 5) is 0. The first kappa shape index (κ1) is 10.0. The molecule has 0 amide bonds. The second-order valence-electron chi connectivity index (χ2n) is 3.95. The first-order chi connectivity index (χ1) is 7.26. The van der Waals surface area contributed by atoms with Crippen molar-refractivity contribution in [1.82, 2.24) is 0 Å². The minimum atomic E-state index is 0.314. The number of methoxy groups -OCH3 is 1. The van der Waals surface area contributed by atoms with Crippen molar-refractivity contribution < 1.29 is 9.94 Å². The highest BCUT2D eigenvalue weighted by molar-refractivity contribution is 6.04. The molecule has 3 heteroatoms. The maximum atomic E-state index is 9.02. The Balaban J connectivity index is 2.50. The molecule has 0 aliphatic heterocycles. The topological polar surface area (TPSA) is 41.8 Å². The van der Waals surface area contributed by atoms with Crippen molar-refractivity contribution in [2.45, 2.75) is 19.8 Å². The Kier molecular flexibility index (Phi) is 2.62. The zero-order valence-electron chi connectivity index (χ0n) is 9.03. The molecule has 0 heterocycles. The van der Waals surface area contributed by atoms with Gasteiger partial charge in [-0.2, -0.15) is 0 Å². The van der Waals surface area contributed by atoms with Gasteiger partial charge in [-0.1, -0.05) is 18.1 Å². The third kappa shape index (κ3) is 1.69. The Morgan fingerprint density at radius 1 is 1.47 bits per heavy atom. The van der Waals surface area contributed by atoms with Crippen molar-refractivity contribution in [1.29, 1.82) is 0 Å². The van der Waals surface area contributed by atoms with Crippen LogP contribution in [0.15, 0.2) is 23.4 Å². The summed E-state index contributed by atoms with van der Waals surface area (Å²) < 4.78 is 5.17. The first-order valence-electron chi connectivity index (χ1n) is 5.15. The van der Waals surface area contributed by atoms with Crippen molar-refractivity contribution in [2.24, 2.45) is 11.1 Å². The average Bonchev–Trinajstić information content (AvgIpc) is 2.28. The van der Waals surface area contributed by atoms with Crippen LogP contribution >= 0.6 is 0 Å². The quantitative estimate of drug-likeness (QED) is 0.565. The molecule has 1 N–H and O–H groups in total. The lowest BCUT2D eigenvalue weighted by Gasteiger charge is -2.22. The molecule has 0 saturated carbocycles. The van der Waals surface area contributed by atoms with Gasteiger partial charge in [-0.3, -0.25) is 0 Å². The second kappa shape index (κ2) is 3.93. The summed E-state index contributed by atoms with van der Waals surface area (Å²) in [5, 5.41) is 12.4. The van der Waals surface area contributed by atoms with Crippen LogP contribution in [-0.2, 0) is 6.42 Å². The predicted octanol–water partition coefficient (Wildman–Crippen LogP) is 2.46. The van der Waals surface area contributed by atoms with E-state index >= 15 is 0 Å². The fraction of sp³-hybridized carbons (Fsp3) is 0.417. The minimum absolute atomic E-state index is 0.314. The number of benzene rings is 1. The van der Waals surface area contributed by atoms with Crippen molar-refractivity contribution >= 4 is 5.71 Å². The normalized spacial score (nSPS) is 22.5. The van der Waals surface area contributed by atoms with Crippen LogP contribution in [0, 0.1) is 5.92 Å². The summed E-state index contributed by atoms with van der Waals surface area (Å²) in [6, 6.07) is 5.94. The van der Waals surface area contributed by atoms with Crippen LogP contribution in [0.3, 0.4) is 0 Å². The standard InChI is InChI=1S/C12H15NO2/c1-8-3-4-9-5-6-10(15-2)7-11(9)12(8)13-14/h5-8,14H,3-4H2,1-2H3/b13-12+. The molecule has 2 rings (SSSR count). The lowest BCUT2D eigenvalue weighted by atomic mass is 9.83. The van der Waals surface area contributed by atoms with Gasteiger partial charge < -0.3 is 9.94 Å². The van der Waals surface area contributed by atoms with Crippen LogP contribution in [0.4, 0.5) is 0 Å². The predicted molar refractivity (Wildman–Crippen MR) is 58.8 cm³/mol. The van der Waals surface area contributed by atoms with Crippen LogP contribution < -0.4 is 4.74 Å². The van der Waals surface area contributed by atoms with E-state index < -0.39 is 0 Å². The van der Waals surface area contributed by atoms with E-state index in [1.54, 1.807) is 7.11 Å². The van der Waals surface area contributed by atoms with Crippen LogP contribution in [-0.4, -0.2) is 18.0 Å². The molecular weight excluding hydrogens is 190 g/mol. The Hall–Kier alpha value is -1.51. The second-order valence-corrected chi connectivity index (χ2v) is 3.95. The SMILES string of the molecule is COc1ccc2c(c1)/C(=N/O)C(C)CC2. The molecule has 1 aliphatic carbocycles. The molecular formula is C12H15NO2. The third-order valence-corrected chi connectivity index (χ3v) is 3.01. The van der Waals surface area contributed by atoms with E-state index in [1.165, 1.54) is 5.56 Å². The molecule has 1 unspecified atom stereocenters. The molecule has 15 heavy (non-hydrogen) atoms. The molecule has 80 valence electrons. The lowest BCUT2D eigenvalue weighted by Crippen LogP contribution is -2.21. The number of ether oxygens (including phenoxy) is 1. The monoisotopic (exact) mass is 205 g/mol. The van der Waals surface area contributed by atoms with E-state index in [4.69, 9.17) is 9.94 Å². The fourth-order valence-electron chi connectivity index (χ4n) is 2.07. The summed E-state index contributed by atoms with van der Waals surface area (Å²) in [5.41, 5.74) is 3.03. The number of hydrogen-bond acceptors (Lipinski definition) is 3. The number of hydrogen-bond donors (Lipinski definition) is 1. The van der Waals surface area contributed by atoms with Crippen LogP contribution in [0.2, 0.25) is 0 Å². The molecule has 0 bridgehead atoms. The molecule has 1 aromatic rings. The average molecular weight is 205 g/mol. The maximum Gasteiger partial charge on any atom is 0.119 e. The number of rotatable bonds is 1. The summed E-state index contributed by atoms with van der Waals surface area (Å²) in [6.07, 6.45) is 2.08. The van der Waals surface area contributed by atoms with E-state index in [9.17, 15) is 0 Å². The van der Waals surface area contributed by atoms with E-state index in [-0.39, 0.29) is 0 Å². The molecule has 0 spiro atoms. The van der Waals surface area contributed by atoms with E-state index in [0.717, 1.165) is 29.9 Å². The van der Waals surface area contributed by atoms with E-state index in [1.807, 2.05) is 18.2 Å². The Morgan fingerprint density at radius 3 is 2.93 bits per heavy atom. The van der Waals surface area contributed by atoms with Crippen LogP contribution in [0.5, 0.6) is 5.75 Å². The summed E-state index contributed by atoms with van der Waals surface area (Å²) in [5.74, 6) is 1.12. The molecule has 1 aromatic carbocycles. The third-order valence-electron chi connectivity index (χ3n) is 3.01. The highest BCUT2D eigenvalue weighted by Gasteiger charge is 2.22. The number of oxime groups is 1. The smallest absolute Gasteiger partial charge is 0.119 e. The maximum absolute atomic E-state index is 9.02. The van der Waals surface area contributed by atoms with Crippen LogP contribution in [0.25, 0.3) is 0 Å². The highest BCUT2D eigenvalue weighted by atomic mass is 16.5. The molecule has 0 aromatic heterocycles. The van der Waals surface area contributed by atoms with Crippen molar-refractivity contribution in [3.05, 3.63) is 29.3 Å². The molecule has 1 aliphatic rings. The number of nitrogens with zero attached hydrogens (tertiary/aromatic N) is 1.